The van der Waals surface area contributed by atoms with E-state index < -0.39 is 12.1 Å². The minimum atomic E-state index is -4.77. The highest BCUT2D eigenvalue weighted by Crippen LogP contribution is 2.25. The maximum absolute atomic E-state index is 11.9. The van der Waals surface area contributed by atoms with Crippen LogP contribution in [0.1, 0.15) is 10.4 Å². The summed E-state index contributed by atoms with van der Waals surface area (Å²) >= 11 is 0. The maximum Gasteiger partial charge on any atom is 0.573 e. The summed E-state index contributed by atoms with van der Waals surface area (Å²) in [6.45, 7) is 0. The molecule has 0 aliphatic carbocycles. The van der Waals surface area contributed by atoms with Gasteiger partial charge in [-0.1, -0.05) is 0 Å². The van der Waals surface area contributed by atoms with Crippen LogP contribution in [0.3, 0.4) is 0 Å². The zero-order chi connectivity index (χ0) is 11.8. The molecular weight excluding hydrogens is 225 g/mol. The first kappa shape index (κ1) is 10.5. The Morgan fingerprint density at radius 3 is 2.81 bits per heavy atom. The number of pyridine rings is 1. The minimum Gasteiger partial charge on any atom is -0.404 e. The summed E-state index contributed by atoms with van der Waals surface area (Å²) < 4.78 is 39.5. The predicted molar refractivity (Wildman–Crippen MR) is 48.2 cm³/mol. The predicted octanol–water partition coefficient (Wildman–Crippen LogP) is 2.27. The van der Waals surface area contributed by atoms with Crippen molar-refractivity contribution in [2.75, 3.05) is 0 Å². The molecule has 4 nitrogen and oxygen atoms in total. The number of alkyl halides is 3. The average molecular weight is 230 g/mol. The number of ether oxygens (including phenoxy) is 1. The lowest BCUT2D eigenvalue weighted by Gasteiger charge is -2.07. The number of nitrogens with zero attached hydrogens (tertiary/aromatic N) is 1. The van der Waals surface area contributed by atoms with Crippen LogP contribution in [0.25, 0.3) is 11.0 Å². The van der Waals surface area contributed by atoms with E-state index >= 15 is 0 Å². The lowest BCUT2D eigenvalue weighted by molar-refractivity contribution is -0.274. The van der Waals surface area contributed by atoms with Gasteiger partial charge in [0, 0.05) is 17.1 Å². The second-order valence-electron chi connectivity index (χ2n) is 2.98. The third-order valence-corrected chi connectivity index (χ3v) is 1.90. The molecule has 0 radical (unpaired) electrons. The Kier molecular flexibility index (Phi) is 2.30. The van der Waals surface area contributed by atoms with Crippen molar-refractivity contribution < 1.29 is 22.7 Å². The lowest BCUT2D eigenvalue weighted by Crippen LogP contribution is -2.17. The van der Waals surface area contributed by atoms with Gasteiger partial charge in [0.05, 0.1) is 6.20 Å². The number of aromatic nitrogens is 2. The first-order chi connectivity index (χ1) is 7.49. The second kappa shape index (κ2) is 3.51. The second-order valence-corrected chi connectivity index (χ2v) is 2.98. The third-order valence-electron chi connectivity index (χ3n) is 1.90. The quantitative estimate of drug-likeness (QED) is 0.805. The van der Waals surface area contributed by atoms with Gasteiger partial charge < -0.3 is 9.72 Å². The van der Waals surface area contributed by atoms with Gasteiger partial charge in [0.25, 0.3) is 0 Å². The van der Waals surface area contributed by atoms with Gasteiger partial charge in [0.2, 0.25) is 0 Å². The summed E-state index contributed by atoms with van der Waals surface area (Å²) in [7, 11) is 0. The molecule has 0 spiro atoms. The fraction of sp³-hybridized carbons (Fsp3) is 0.111. The number of nitrogens with one attached hydrogen (secondary N) is 1. The van der Waals surface area contributed by atoms with Crippen LogP contribution in [0.15, 0.2) is 18.5 Å². The van der Waals surface area contributed by atoms with Crippen LogP contribution in [-0.2, 0) is 0 Å². The fourth-order valence-electron chi connectivity index (χ4n) is 1.29. The van der Waals surface area contributed by atoms with Crippen LogP contribution in [-0.4, -0.2) is 22.6 Å². The van der Waals surface area contributed by atoms with Crippen LogP contribution in [0.5, 0.6) is 5.75 Å². The van der Waals surface area contributed by atoms with Gasteiger partial charge in [-0.15, -0.1) is 13.2 Å². The third kappa shape index (κ3) is 1.97. The molecule has 2 aromatic heterocycles. The summed E-state index contributed by atoms with van der Waals surface area (Å²) in [5.41, 5.74) is 0.562. The largest absolute Gasteiger partial charge is 0.573 e. The van der Waals surface area contributed by atoms with E-state index in [0.29, 0.717) is 11.9 Å². The van der Waals surface area contributed by atoms with E-state index in [1.54, 1.807) is 0 Å². The molecule has 0 aliphatic rings. The van der Waals surface area contributed by atoms with Gasteiger partial charge in [-0.2, -0.15) is 0 Å². The van der Waals surface area contributed by atoms with Gasteiger partial charge in [0.15, 0.2) is 6.29 Å². The highest BCUT2D eigenvalue weighted by atomic mass is 19.4. The number of carbonyl (C=O) groups is 1. The van der Waals surface area contributed by atoms with E-state index in [1.165, 1.54) is 6.20 Å². The van der Waals surface area contributed by atoms with Crippen LogP contribution < -0.4 is 4.74 Å². The molecule has 0 saturated carbocycles. The number of hydrogen-bond acceptors (Lipinski definition) is 3. The van der Waals surface area contributed by atoms with E-state index in [1.807, 2.05) is 0 Å². The van der Waals surface area contributed by atoms with E-state index in [4.69, 9.17) is 0 Å². The molecule has 0 atom stereocenters. The summed E-state index contributed by atoms with van der Waals surface area (Å²) in [4.78, 5) is 16.9. The molecule has 0 unspecified atom stereocenters. The van der Waals surface area contributed by atoms with Gasteiger partial charge in [-0.3, -0.25) is 4.79 Å². The van der Waals surface area contributed by atoms with Gasteiger partial charge >= 0.3 is 6.36 Å². The molecule has 84 valence electrons. The van der Waals surface area contributed by atoms with Gasteiger partial charge in [-0.25, -0.2) is 4.98 Å². The molecule has 0 saturated heterocycles. The van der Waals surface area contributed by atoms with Crippen molar-refractivity contribution in [1.82, 2.24) is 9.97 Å². The molecule has 0 amide bonds. The Bertz CT molecular complexity index is 533. The fourth-order valence-corrected chi connectivity index (χ4v) is 1.29. The molecule has 2 heterocycles. The van der Waals surface area contributed by atoms with Crippen molar-refractivity contribution in [2.24, 2.45) is 0 Å². The number of fused-ring (bicyclic) bond motifs is 1. The molecule has 7 heteroatoms. The molecule has 0 aliphatic heterocycles. The molecule has 0 bridgehead atoms. The van der Waals surface area contributed by atoms with Crippen LogP contribution in [0, 0.1) is 0 Å². The standard InChI is InChI=1S/C9H5F3N2O2/c10-9(11,12)16-6-1-7-5(4-15)2-13-8(7)14-3-6/h1-4H,(H,13,14). The monoisotopic (exact) mass is 230 g/mol. The number of aromatic amines is 1. The number of aldehydes is 1. The summed E-state index contributed by atoms with van der Waals surface area (Å²) in [6.07, 6.45) is -1.95. The molecule has 16 heavy (non-hydrogen) atoms. The van der Waals surface area contributed by atoms with Crippen molar-refractivity contribution in [3.8, 4) is 5.75 Å². The zero-order valence-corrected chi connectivity index (χ0v) is 7.71. The summed E-state index contributed by atoms with van der Waals surface area (Å²) in [5, 5.41) is 0.289. The molecule has 1 N–H and O–H groups in total. The number of hydrogen-bond donors (Lipinski definition) is 1. The number of carbonyl (C=O) groups excluding carboxylic acids is 1. The van der Waals surface area contributed by atoms with E-state index in [0.717, 1.165) is 12.3 Å². The van der Waals surface area contributed by atoms with Crippen molar-refractivity contribution in [2.45, 2.75) is 6.36 Å². The molecule has 2 aromatic rings. The van der Waals surface area contributed by atoms with Gasteiger partial charge in [0.1, 0.15) is 11.4 Å². The summed E-state index contributed by atoms with van der Waals surface area (Å²) in [6, 6.07) is 1.11. The minimum absolute atomic E-state index is 0.232. The van der Waals surface area contributed by atoms with Crippen LogP contribution >= 0.6 is 0 Å². The first-order valence-corrected chi connectivity index (χ1v) is 4.17. The van der Waals surface area contributed by atoms with E-state index in [-0.39, 0.29) is 10.9 Å². The van der Waals surface area contributed by atoms with Crippen LogP contribution in [0.4, 0.5) is 13.2 Å². The first-order valence-electron chi connectivity index (χ1n) is 4.17. The normalized spacial score (nSPS) is 11.7. The number of halogens is 3. The van der Waals surface area contributed by atoms with Crippen molar-refractivity contribution in [1.29, 1.82) is 0 Å². The Hall–Kier alpha value is -2.05. The smallest absolute Gasteiger partial charge is 0.404 e. The van der Waals surface area contributed by atoms with Gasteiger partial charge in [-0.05, 0) is 6.07 Å². The van der Waals surface area contributed by atoms with E-state index in [9.17, 15) is 18.0 Å². The average Bonchev–Trinajstić information content (AvgIpc) is 2.57. The zero-order valence-electron chi connectivity index (χ0n) is 7.71. The Balaban J connectivity index is 2.45. The van der Waals surface area contributed by atoms with Crippen molar-refractivity contribution in [3.63, 3.8) is 0 Å². The molecular formula is C9H5F3N2O2. The topological polar surface area (TPSA) is 55.0 Å². The van der Waals surface area contributed by atoms with Crippen molar-refractivity contribution in [3.05, 3.63) is 24.0 Å². The number of H-pyrrole nitrogens is 1. The Morgan fingerprint density at radius 1 is 1.44 bits per heavy atom. The highest BCUT2D eigenvalue weighted by molar-refractivity contribution is 5.96. The van der Waals surface area contributed by atoms with Crippen LogP contribution in [0.2, 0.25) is 0 Å². The maximum atomic E-state index is 11.9. The van der Waals surface area contributed by atoms with E-state index in [2.05, 4.69) is 14.7 Å². The number of rotatable bonds is 2. The molecule has 2 rings (SSSR count). The summed E-state index contributed by atoms with van der Waals surface area (Å²) in [5.74, 6) is -0.456. The Morgan fingerprint density at radius 2 is 2.19 bits per heavy atom. The molecule has 0 aromatic carbocycles. The lowest BCUT2D eigenvalue weighted by atomic mass is 10.2. The van der Waals surface area contributed by atoms with Crippen molar-refractivity contribution >= 4 is 17.3 Å². The highest BCUT2D eigenvalue weighted by Gasteiger charge is 2.31. The SMILES string of the molecule is O=Cc1c[nH]c2ncc(OC(F)(F)F)cc12. The Labute approximate surface area is 87.0 Å². The molecule has 0 fully saturated rings.